The van der Waals surface area contributed by atoms with Gasteiger partial charge in [0.15, 0.2) is 5.78 Å². The number of nitrogens with two attached hydrogens (primary N) is 1. The van der Waals surface area contributed by atoms with Crippen molar-refractivity contribution in [2.24, 2.45) is 5.73 Å². The molecule has 1 aliphatic rings. The van der Waals surface area contributed by atoms with Crippen molar-refractivity contribution in [3.63, 3.8) is 0 Å². The van der Waals surface area contributed by atoms with Crippen molar-refractivity contribution in [3.05, 3.63) is 63.9 Å². The molecule has 22 heavy (non-hydrogen) atoms. The maximum Gasteiger partial charge on any atom is 0.163 e. The Morgan fingerprint density at radius 1 is 1.27 bits per heavy atom. The quantitative estimate of drug-likeness (QED) is 0.695. The van der Waals surface area contributed by atoms with Crippen molar-refractivity contribution in [1.82, 2.24) is 4.98 Å². The van der Waals surface area contributed by atoms with Crippen LogP contribution >= 0.6 is 11.6 Å². The van der Waals surface area contributed by atoms with E-state index >= 15 is 0 Å². The molecule has 3 rings (SSSR count). The number of carbonyl (C=O) groups is 1. The second kappa shape index (κ2) is 6.59. The van der Waals surface area contributed by atoms with Gasteiger partial charge in [0, 0.05) is 24.2 Å². The lowest BCUT2D eigenvalue weighted by molar-refractivity contribution is 0.0982. The van der Waals surface area contributed by atoms with Gasteiger partial charge in [0.1, 0.15) is 5.15 Å². The highest BCUT2D eigenvalue weighted by molar-refractivity contribution is 6.29. The third-order valence-electron chi connectivity index (χ3n) is 4.22. The van der Waals surface area contributed by atoms with Gasteiger partial charge in [-0.1, -0.05) is 29.8 Å². The van der Waals surface area contributed by atoms with Crippen LogP contribution < -0.4 is 5.73 Å². The second-order valence-corrected chi connectivity index (χ2v) is 6.29. The van der Waals surface area contributed by atoms with Crippen LogP contribution in [0.25, 0.3) is 0 Å². The molecule has 0 fully saturated rings. The lowest BCUT2D eigenvalue weighted by Gasteiger charge is -2.21. The van der Waals surface area contributed by atoms with Crippen molar-refractivity contribution < 1.29 is 4.79 Å². The monoisotopic (exact) mass is 314 g/mol. The predicted molar refractivity (Wildman–Crippen MR) is 88.3 cm³/mol. The molecule has 0 amide bonds. The number of halogens is 1. The van der Waals surface area contributed by atoms with Crippen LogP contribution in [0.15, 0.2) is 36.5 Å². The molecule has 0 spiro atoms. The van der Waals surface area contributed by atoms with Gasteiger partial charge in [-0.3, -0.25) is 4.79 Å². The van der Waals surface area contributed by atoms with E-state index in [2.05, 4.69) is 11.1 Å². The number of Topliss-reactive ketones (excluding diaryl/α,β-unsaturated/α-hetero) is 1. The Hall–Kier alpha value is -1.71. The van der Waals surface area contributed by atoms with Crippen LogP contribution in [0.5, 0.6) is 0 Å². The average molecular weight is 315 g/mol. The second-order valence-electron chi connectivity index (χ2n) is 5.90. The predicted octanol–water partition coefficient (Wildman–Crippen LogP) is 3.37. The summed E-state index contributed by atoms with van der Waals surface area (Å²) in [4.78, 5) is 16.4. The summed E-state index contributed by atoms with van der Waals surface area (Å²) in [5, 5.41) is 0.475. The van der Waals surface area contributed by atoms with Gasteiger partial charge in [0.05, 0.1) is 0 Å². The minimum absolute atomic E-state index is 0.174. The molecule has 1 atom stereocenters. The van der Waals surface area contributed by atoms with Gasteiger partial charge in [-0.15, -0.1) is 0 Å². The van der Waals surface area contributed by atoms with Crippen LogP contribution in [0.2, 0.25) is 5.15 Å². The maximum absolute atomic E-state index is 12.4. The van der Waals surface area contributed by atoms with E-state index in [-0.39, 0.29) is 11.8 Å². The zero-order valence-corrected chi connectivity index (χ0v) is 13.1. The molecule has 2 aromatic rings. The zero-order valence-electron chi connectivity index (χ0n) is 12.4. The molecule has 2 N–H and O–H groups in total. The molecule has 0 aliphatic heterocycles. The molecular weight excluding hydrogens is 296 g/mol. The summed E-state index contributed by atoms with van der Waals surface area (Å²) in [6, 6.07) is 9.96. The van der Waals surface area contributed by atoms with Gasteiger partial charge in [-0.05, 0) is 54.5 Å². The van der Waals surface area contributed by atoms with Crippen molar-refractivity contribution in [3.8, 4) is 0 Å². The van der Waals surface area contributed by atoms with E-state index in [0.29, 0.717) is 18.0 Å². The Labute approximate surface area is 135 Å². The molecule has 1 unspecified atom stereocenters. The molecule has 0 saturated carbocycles. The summed E-state index contributed by atoms with van der Waals surface area (Å²) in [5.74, 6) is 0.174. The van der Waals surface area contributed by atoms with E-state index in [1.165, 1.54) is 11.1 Å². The number of pyridine rings is 1. The van der Waals surface area contributed by atoms with Crippen LogP contribution in [0, 0.1) is 0 Å². The van der Waals surface area contributed by atoms with Crippen LogP contribution in [0.1, 0.15) is 39.9 Å². The fraction of sp³-hybridized carbons (Fsp3) is 0.333. The minimum atomic E-state index is 0.174. The number of aryl methyl sites for hydroxylation is 2. The normalized spacial score (nSPS) is 17.1. The fourth-order valence-electron chi connectivity index (χ4n) is 2.91. The summed E-state index contributed by atoms with van der Waals surface area (Å²) in [6.45, 7) is 0. The van der Waals surface area contributed by atoms with E-state index in [9.17, 15) is 4.79 Å². The van der Waals surface area contributed by atoms with E-state index in [1.54, 1.807) is 12.3 Å². The highest BCUT2D eigenvalue weighted by atomic mass is 35.5. The molecule has 0 radical (unpaired) electrons. The van der Waals surface area contributed by atoms with Gasteiger partial charge in [0.25, 0.3) is 0 Å². The first-order valence-corrected chi connectivity index (χ1v) is 8.00. The molecule has 114 valence electrons. The van der Waals surface area contributed by atoms with E-state index in [0.717, 1.165) is 30.4 Å². The largest absolute Gasteiger partial charge is 0.327 e. The number of hydrogen-bond donors (Lipinski definition) is 1. The highest BCUT2D eigenvalue weighted by Gasteiger charge is 2.17. The average Bonchev–Trinajstić information content (AvgIpc) is 2.53. The van der Waals surface area contributed by atoms with Crippen LogP contribution in [-0.2, 0) is 19.3 Å². The Kier molecular flexibility index (Phi) is 4.55. The fourth-order valence-corrected chi connectivity index (χ4v) is 3.02. The van der Waals surface area contributed by atoms with E-state index in [4.69, 9.17) is 17.3 Å². The number of ketones is 1. The van der Waals surface area contributed by atoms with Crippen molar-refractivity contribution in [2.45, 2.75) is 38.1 Å². The first kappa shape index (κ1) is 15.2. The summed E-state index contributed by atoms with van der Waals surface area (Å²) < 4.78 is 0. The van der Waals surface area contributed by atoms with E-state index < -0.39 is 0 Å². The summed E-state index contributed by atoms with van der Waals surface area (Å²) in [7, 11) is 0. The smallest absolute Gasteiger partial charge is 0.163 e. The van der Waals surface area contributed by atoms with Crippen LogP contribution in [0.3, 0.4) is 0 Å². The number of hydrogen-bond acceptors (Lipinski definition) is 3. The Bertz CT molecular complexity index is 682. The van der Waals surface area contributed by atoms with Gasteiger partial charge in [-0.2, -0.15) is 0 Å². The maximum atomic E-state index is 12.4. The molecule has 1 heterocycles. The molecule has 1 aliphatic carbocycles. The van der Waals surface area contributed by atoms with Crippen LogP contribution in [0.4, 0.5) is 0 Å². The number of fused-ring (bicyclic) bond motifs is 1. The number of benzene rings is 1. The SMILES string of the molecule is NC1CCc2cc(C(=O)CCc3ccc(Cl)nc3)ccc2C1. The molecule has 3 nitrogen and oxygen atoms in total. The molecule has 0 bridgehead atoms. The molecule has 1 aromatic heterocycles. The third-order valence-corrected chi connectivity index (χ3v) is 4.45. The Morgan fingerprint density at radius 2 is 2.14 bits per heavy atom. The minimum Gasteiger partial charge on any atom is -0.327 e. The van der Waals surface area contributed by atoms with Gasteiger partial charge in [0.2, 0.25) is 0 Å². The molecule has 0 saturated heterocycles. The number of nitrogens with zero attached hydrogens (tertiary/aromatic N) is 1. The van der Waals surface area contributed by atoms with Gasteiger partial charge >= 0.3 is 0 Å². The summed E-state index contributed by atoms with van der Waals surface area (Å²) in [5.41, 5.74) is 10.4. The molecular formula is C18H19ClN2O. The van der Waals surface area contributed by atoms with E-state index in [1.807, 2.05) is 18.2 Å². The van der Waals surface area contributed by atoms with Gasteiger partial charge in [-0.25, -0.2) is 4.98 Å². The highest BCUT2D eigenvalue weighted by Crippen LogP contribution is 2.22. The van der Waals surface area contributed by atoms with Crippen molar-refractivity contribution in [2.75, 3.05) is 0 Å². The Balaban J connectivity index is 1.66. The standard InChI is InChI=1S/C18H19ClN2O/c19-18-8-2-12(11-21-18)1-7-17(22)15-4-3-14-10-16(20)6-5-13(14)9-15/h2-4,8-9,11,16H,1,5-7,10,20H2. The molecule has 4 heteroatoms. The van der Waals surface area contributed by atoms with Crippen molar-refractivity contribution in [1.29, 1.82) is 0 Å². The number of rotatable bonds is 4. The molecule has 1 aromatic carbocycles. The third kappa shape index (κ3) is 3.54. The number of aromatic nitrogens is 1. The zero-order chi connectivity index (χ0) is 15.5. The summed E-state index contributed by atoms with van der Waals surface area (Å²) in [6.07, 6.45) is 5.79. The lowest BCUT2D eigenvalue weighted by Crippen LogP contribution is -2.27. The first-order valence-electron chi connectivity index (χ1n) is 7.63. The first-order chi connectivity index (χ1) is 10.6. The van der Waals surface area contributed by atoms with Crippen LogP contribution in [-0.4, -0.2) is 16.8 Å². The topological polar surface area (TPSA) is 56.0 Å². The number of carbonyl (C=O) groups excluding carboxylic acids is 1. The Morgan fingerprint density at radius 3 is 2.91 bits per heavy atom. The lowest BCUT2D eigenvalue weighted by atomic mass is 9.87. The van der Waals surface area contributed by atoms with Crippen molar-refractivity contribution >= 4 is 17.4 Å². The summed E-state index contributed by atoms with van der Waals surface area (Å²) >= 11 is 5.76. The van der Waals surface area contributed by atoms with Gasteiger partial charge < -0.3 is 5.73 Å².